The molecule has 1 aromatic rings. The van der Waals surface area contributed by atoms with Gasteiger partial charge in [0, 0.05) is 19.2 Å². The zero-order chi connectivity index (χ0) is 17.6. The monoisotopic (exact) mass is 345 g/mol. The van der Waals surface area contributed by atoms with E-state index in [1.165, 1.54) is 6.08 Å². The quantitative estimate of drug-likeness (QED) is 0.620. The molecule has 0 spiro atoms. The average molecular weight is 345 g/mol. The van der Waals surface area contributed by atoms with Crippen LogP contribution in [0.5, 0.6) is 11.5 Å². The summed E-state index contributed by atoms with van der Waals surface area (Å²) in [6.45, 7) is 3.32. The molecule has 1 atom stereocenters. The van der Waals surface area contributed by atoms with Gasteiger partial charge in [0.1, 0.15) is 0 Å². The highest BCUT2D eigenvalue weighted by molar-refractivity contribution is 5.90. The molecule has 0 saturated carbocycles. The first-order chi connectivity index (χ1) is 12.1. The van der Waals surface area contributed by atoms with E-state index < -0.39 is 12.1 Å². The standard InChI is InChI=1S/C19H23NO5/c1-14(19(22)20-10-4-2-3-5-11-20)25-18(21)9-7-15-6-8-16-17(12-15)24-13-23-16/h6-9,12,14H,2-5,10-11,13H2,1H3/b9-7+. The van der Waals surface area contributed by atoms with Gasteiger partial charge in [0.15, 0.2) is 17.6 Å². The lowest BCUT2D eigenvalue weighted by Crippen LogP contribution is -2.40. The summed E-state index contributed by atoms with van der Waals surface area (Å²) in [6, 6.07) is 5.40. The van der Waals surface area contributed by atoms with Gasteiger partial charge in [-0.05, 0) is 43.5 Å². The van der Waals surface area contributed by atoms with Gasteiger partial charge in [0.2, 0.25) is 6.79 Å². The van der Waals surface area contributed by atoms with Crippen LogP contribution in [0.4, 0.5) is 0 Å². The van der Waals surface area contributed by atoms with Gasteiger partial charge < -0.3 is 19.1 Å². The van der Waals surface area contributed by atoms with E-state index in [9.17, 15) is 9.59 Å². The third-order valence-corrected chi connectivity index (χ3v) is 4.37. The molecule has 25 heavy (non-hydrogen) atoms. The number of hydrogen-bond donors (Lipinski definition) is 0. The van der Waals surface area contributed by atoms with E-state index in [-0.39, 0.29) is 12.7 Å². The van der Waals surface area contributed by atoms with Crippen molar-refractivity contribution in [3.05, 3.63) is 29.8 Å². The van der Waals surface area contributed by atoms with Crippen LogP contribution in [0.25, 0.3) is 6.08 Å². The Kier molecular flexibility index (Phi) is 5.58. The van der Waals surface area contributed by atoms with E-state index >= 15 is 0 Å². The zero-order valence-electron chi connectivity index (χ0n) is 14.4. The molecule has 6 heteroatoms. The van der Waals surface area contributed by atoms with Crippen molar-refractivity contribution in [3.63, 3.8) is 0 Å². The van der Waals surface area contributed by atoms with Gasteiger partial charge in [-0.1, -0.05) is 18.9 Å². The molecule has 1 unspecified atom stereocenters. The Morgan fingerprint density at radius 2 is 1.84 bits per heavy atom. The van der Waals surface area contributed by atoms with Gasteiger partial charge >= 0.3 is 5.97 Å². The van der Waals surface area contributed by atoms with Crippen molar-refractivity contribution in [1.82, 2.24) is 4.90 Å². The summed E-state index contributed by atoms with van der Waals surface area (Å²) in [7, 11) is 0. The number of ether oxygens (including phenoxy) is 3. The predicted molar refractivity (Wildman–Crippen MR) is 92.2 cm³/mol. The Hall–Kier alpha value is -2.50. The number of esters is 1. The van der Waals surface area contributed by atoms with Crippen molar-refractivity contribution in [1.29, 1.82) is 0 Å². The van der Waals surface area contributed by atoms with Crippen LogP contribution in [0.2, 0.25) is 0 Å². The number of carbonyl (C=O) groups excluding carboxylic acids is 2. The molecule has 2 aliphatic rings. The van der Waals surface area contributed by atoms with Gasteiger partial charge in [-0.25, -0.2) is 4.79 Å². The van der Waals surface area contributed by atoms with E-state index in [0.29, 0.717) is 11.5 Å². The summed E-state index contributed by atoms with van der Waals surface area (Å²) >= 11 is 0. The summed E-state index contributed by atoms with van der Waals surface area (Å²) in [5.41, 5.74) is 0.799. The summed E-state index contributed by atoms with van der Waals surface area (Å²) in [5, 5.41) is 0. The maximum absolute atomic E-state index is 12.4. The number of likely N-dealkylation sites (tertiary alicyclic amines) is 1. The Balaban J connectivity index is 1.53. The second-order valence-corrected chi connectivity index (χ2v) is 6.26. The minimum absolute atomic E-state index is 0.119. The van der Waals surface area contributed by atoms with Crippen LogP contribution >= 0.6 is 0 Å². The van der Waals surface area contributed by atoms with Gasteiger partial charge in [0.25, 0.3) is 5.91 Å². The third-order valence-electron chi connectivity index (χ3n) is 4.37. The Bertz CT molecular complexity index is 662. The number of hydrogen-bond acceptors (Lipinski definition) is 5. The summed E-state index contributed by atoms with van der Waals surface area (Å²) in [4.78, 5) is 26.2. The lowest BCUT2D eigenvalue weighted by atomic mass is 10.2. The highest BCUT2D eigenvalue weighted by Gasteiger charge is 2.23. The van der Waals surface area contributed by atoms with Gasteiger partial charge in [-0.3, -0.25) is 4.79 Å². The molecule has 1 saturated heterocycles. The third kappa shape index (κ3) is 4.53. The molecule has 0 aliphatic carbocycles. The number of nitrogens with zero attached hydrogens (tertiary/aromatic N) is 1. The first kappa shape index (κ1) is 17.3. The number of rotatable bonds is 4. The van der Waals surface area contributed by atoms with E-state index in [1.54, 1.807) is 30.0 Å². The lowest BCUT2D eigenvalue weighted by Gasteiger charge is -2.23. The lowest BCUT2D eigenvalue weighted by molar-refractivity contribution is -0.155. The van der Waals surface area contributed by atoms with Crippen LogP contribution in [-0.2, 0) is 14.3 Å². The SMILES string of the molecule is CC(OC(=O)/C=C/c1ccc2c(c1)OCO2)C(=O)N1CCCCCC1. The molecule has 1 aromatic carbocycles. The number of amides is 1. The predicted octanol–water partition coefficient (Wildman–Crippen LogP) is 2.76. The number of carbonyl (C=O) groups is 2. The molecular formula is C19H23NO5. The fourth-order valence-corrected chi connectivity index (χ4v) is 2.99. The molecule has 0 bridgehead atoms. The van der Waals surface area contributed by atoms with Crippen LogP contribution in [-0.4, -0.2) is 42.8 Å². The van der Waals surface area contributed by atoms with Gasteiger partial charge in [0.05, 0.1) is 0 Å². The van der Waals surface area contributed by atoms with E-state index in [2.05, 4.69) is 0 Å². The molecule has 0 N–H and O–H groups in total. The summed E-state index contributed by atoms with van der Waals surface area (Å²) in [5.74, 6) is 0.691. The average Bonchev–Trinajstić information content (AvgIpc) is 2.91. The molecule has 0 aromatic heterocycles. The van der Waals surface area contributed by atoms with Crippen LogP contribution in [0.3, 0.4) is 0 Å². The highest BCUT2D eigenvalue weighted by Crippen LogP contribution is 2.32. The van der Waals surface area contributed by atoms with Crippen molar-refractivity contribution in [3.8, 4) is 11.5 Å². The first-order valence-electron chi connectivity index (χ1n) is 8.70. The molecule has 6 nitrogen and oxygen atoms in total. The maximum atomic E-state index is 12.4. The van der Waals surface area contributed by atoms with Crippen molar-refractivity contribution in [2.24, 2.45) is 0 Å². The largest absolute Gasteiger partial charge is 0.454 e. The van der Waals surface area contributed by atoms with Crippen molar-refractivity contribution in [2.45, 2.75) is 38.7 Å². The molecule has 2 aliphatic heterocycles. The van der Waals surface area contributed by atoms with Gasteiger partial charge in [-0.2, -0.15) is 0 Å². The Morgan fingerprint density at radius 3 is 2.60 bits per heavy atom. The van der Waals surface area contributed by atoms with E-state index in [0.717, 1.165) is 44.3 Å². The molecule has 134 valence electrons. The van der Waals surface area contributed by atoms with Crippen molar-refractivity contribution in [2.75, 3.05) is 19.9 Å². The number of benzene rings is 1. The Labute approximate surface area is 147 Å². The minimum atomic E-state index is -0.771. The summed E-state index contributed by atoms with van der Waals surface area (Å²) < 4.78 is 15.8. The van der Waals surface area contributed by atoms with Crippen LogP contribution < -0.4 is 9.47 Å². The molecule has 1 fully saturated rings. The minimum Gasteiger partial charge on any atom is -0.454 e. The van der Waals surface area contributed by atoms with Crippen LogP contribution in [0, 0.1) is 0 Å². The topological polar surface area (TPSA) is 65.1 Å². The molecular weight excluding hydrogens is 322 g/mol. The van der Waals surface area contributed by atoms with E-state index in [4.69, 9.17) is 14.2 Å². The molecule has 3 rings (SSSR count). The van der Waals surface area contributed by atoms with Crippen molar-refractivity contribution < 1.29 is 23.8 Å². The Morgan fingerprint density at radius 1 is 1.12 bits per heavy atom. The highest BCUT2D eigenvalue weighted by atomic mass is 16.7. The van der Waals surface area contributed by atoms with Crippen LogP contribution in [0.1, 0.15) is 38.2 Å². The summed E-state index contributed by atoms with van der Waals surface area (Å²) in [6.07, 6.45) is 6.50. The van der Waals surface area contributed by atoms with Crippen LogP contribution in [0.15, 0.2) is 24.3 Å². The first-order valence-corrected chi connectivity index (χ1v) is 8.70. The fourth-order valence-electron chi connectivity index (χ4n) is 2.99. The van der Waals surface area contributed by atoms with E-state index in [1.807, 2.05) is 6.07 Å². The van der Waals surface area contributed by atoms with Gasteiger partial charge in [-0.15, -0.1) is 0 Å². The normalized spacial score (nSPS) is 18.0. The number of fused-ring (bicyclic) bond motifs is 1. The molecule has 2 heterocycles. The zero-order valence-corrected chi connectivity index (χ0v) is 14.4. The van der Waals surface area contributed by atoms with Crippen molar-refractivity contribution >= 4 is 18.0 Å². The second-order valence-electron chi connectivity index (χ2n) is 6.26. The maximum Gasteiger partial charge on any atom is 0.331 e. The molecule has 1 amide bonds. The smallest absolute Gasteiger partial charge is 0.331 e. The fraction of sp³-hybridized carbons (Fsp3) is 0.474. The molecule has 0 radical (unpaired) electrons. The second kappa shape index (κ2) is 8.05.